The van der Waals surface area contributed by atoms with E-state index in [1.165, 1.54) is 30.5 Å². The van der Waals surface area contributed by atoms with E-state index in [4.69, 9.17) is 5.11 Å². The van der Waals surface area contributed by atoms with E-state index in [1.54, 1.807) is 12.1 Å². The summed E-state index contributed by atoms with van der Waals surface area (Å²) in [6.07, 6.45) is 0.379. The average molecular weight is 290 g/mol. The molecule has 0 spiro atoms. The molecule has 1 N–H and O–H groups in total. The van der Waals surface area contributed by atoms with Crippen LogP contribution in [-0.2, 0) is 16.8 Å². The van der Waals surface area contributed by atoms with Crippen LogP contribution in [0.25, 0.3) is 0 Å². The molecule has 1 rings (SSSR count). The van der Waals surface area contributed by atoms with Crippen molar-refractivity contribution in [1.82, 2.24) is 8.61 Å². The van der Waals surface area contributed by atoms with E-state index in [0.29, 0.717) is 12.0 Å². The summed E-state index contributed by atoms with van der Waals surface area (Å²) >= 11 is 0. The van der Waals surface area contributed by atoms with Crippen molar-refractivity contribution in [3.63, 3.8) is 0 Å². The molecule has 0 heterocycles. The van der Waals surface area contributed by atoms with Crippen LogP contribution in [0.3, 0.4) is 0 Å². The maximum atomic E-state index is 13.0. The van der Waals surface area contributed by atoms with Gasteiger partial charge in [-0.2, -0.15) is 17.0 Å². The van der Waals surface area contributed by atoms with Gasteiger partial charge in [-0.3, -0.25) is 0 Å². The highest BCUT2D eigenvalue weighted by Gasteiger charge is 2.23. The predicted octanol–water partition coefficient (Wildman–Crippen LogP) is 0.816. The van der Waals surface area contributed by atoms with Crippen LogP contribution < -0.4 is 0 Å². The molecule has 0 aliphatic carbocycles. The minimum absolute atomic E-state index is 0.0620. The normalized spacial score (nSPS) is 12.3. The van der Waals surface area contributed by atoms with Crippen molar-refractivity contribution in [2.75, 3.05) is 27.2 Å². The van der Waals surface area contributed by atoms with Gasteiger partial charge in [0.2, 0.25) is 0 Å². The Hall–Kier alpha value is -1.02. The number of rotatable bonds is 7. The molecule has 0 aromatic heterocycles. The molecular weight excluding hydrogens is 271 g/mol. The standard InChI is InChI=1S/C12H19FN2O3S/c1-14(7-4-8-16)19(17,18)15(2)10-11-5-3-6-12(13)9-11/h3,5-6,9,16H,4,7-8,10H2,1-2H3. The third kappa shape index (κ3) is 4.54. The molecule has 0 aliphatic rings. The molecule has 7 heteroatoms. The van der Waals surface area contributed by atoms with Gasteiger partial charge in [0, 0.05) is 33.8 Å². The van der Waals surface area contributed by atoms with Crippen LogP contribution in [0.15, 0.2) is 24.3 Å². The van der Waals surface area contributed by atoms with Crippen LogP contribution in [0.2, 0.25) is 0 Å². The molecule has 5 nitrogen and oxygen atoms in total. The first-order chi connectivity index (χ1) is 8.87. The number of hydrogen-bond donors (Lipinski definition) is 1. The van der Waals surface area contributed by atoms with E-state index in [0.717, 1.165) is 4.31 Å². The maximum Gasteiger partial charge on any atom is 0.281 e. The van der Waals surface area contributed by atoms with Crippen LogP contribution >= 0.6 is 0 Å². The zero-order valence-electron chi connectivity index (χ0n) is 11.1. The number of benzene rings is 1. The van der Waals surface area contributed by atoms with Crippen molar-refractivity contribution >= 4 is 10.2 Å². The minimum atomic E-state index is -3.59. The molecule has 1 aromatic rings. The van der Waals surface area contributed by atoms with Crippen molar-refractivity contribution in [1.29, 1.82) is 0 Å². The zero-order valence-corrected chi connectivity index (χ0v) is 11.9. The summed E-state index contributed by atoms with van der Waals surface area (Å²) in [7, 11) is -0.698. The van der Waals surface area contributed by atoms with Gasteiger partial charge in [0.05, 0.1) is 0 Å². The zero-order chi connectivity index (χ0) is 14.5. The van der Waals surface area contributed by atoms with Crippen molar-refractivity contribution in [2.45, 2.75) is 13.0 Å². The van der Waals surface area contributed by atoms with E-state index in [1.807, 2.05) is 0 Å². The third-order valence-corrected chi connectivity index (χ3v) is 4.60. The molecular formula is C12H19FN2O3S. The monoisotopic (exact) mass is 290 g/mol. The van der Waals surface area contributed by atoms with Gasteiger partial charge in [-0.15, -0.1) is 0 Å². The summed E-state index contributed by atoms with van der Waals surface area (Å²) in [5, 5.41) is 8.71. The van der Waals surface area contributed by atoms with Gasteiger partial charge < -0.3 is 5.11 Å². The molecule has 0 saturated heterocycles. The van der Waals surface area contributed by atoms with Gasteiger partial charge in [-0.25, -0.2) is 4.39 Å². The Morgan fingerprint density at radius 1 is 1.26 bits per heavy atom. The molecule has 19 heavy (non-hydrogen) atoms. The lowest BCUT2D eigenvalue weighted by atomic mass is 10.2. The fourth-order valence-electron chi connectivity index (χ4n) is 1.62. The number of hydrogen-bond acceptors (Lipinski definition) is 3. The highest BCUT2D eigenvalue weighted by molar-refractivity contribution is 7.86. The summed E-state index contributed by atoms with van der Waals surface area (Å²) in [5.74, 6) is -0.392. The van der Waals surface area contributed by atoms with Gasteiger partial charge in [0.1, 0.15) is 5.82 Å². The van der Waals surface area contributed by atoms with Crippen LogP contribution in [-0.4, -0.2) is 49.4 Å². The van der Waals surface area contributed by atoms with Gasteiger partial charge >= 0.3 is 0 Å². The molecule has 108 valence electrons. The fourth-order valence-corrected chi connectivity index (χ4v) is 2.77. The van der Waals surface area contributed by atoms with E-state index in [2.05, 4.69) is 0 Å². The molecule has 1 aromatic carbocycles. The van der Waals surface area contributed by atoms with E-state index in [-0.39, 0.29) is 19.7 Å². The molecule has 0 aliphatic heterocycles. The van der Waals surface area contributed by atoms with Crippen molar-refractivity contribution < 1.29 is 17.9 Å². The second-order valence-electron chi connectivity index (χ2n) is 4.29. The highest BCUT2D eigenvalue weighted by atomic mass is 32.2. The van der Waals surface area contributed by atoms with Gasteiger partial charge in [0.15, 0.2) is 0 Å². The number of aliphatic hydroxyl groups excluding tert-OH is 1. The second-order valence-corrected chi connectivity index (χ2v) is 6.43. The van der Waals surface area contributed by atoms with E-state index in [9.17, 15) is 12.8 Å². The average Bonchev–Trinajstić information content (AvgIpc) is 2.35. The lowest BCUT2D eigenvalue weighted by Crippen LogP contribution is -2.39. The SMILES string of the molecule is CN(CCCO)S(=O)(=O)N(C)Cc1cccc(F)c1. The van der Waals surface area contributed by atoms with Crippen molar-refractivity contribution in [2.24, 2.45) is 0 Å². The summed E-state index contributed by atoms with van der Waals surface area (Å²) in [6, 6.07) is 5.83. The fraction of sp³-hybridized carbons (Fsp3) is 0.500. The lowest BCUT2D eigenvalue weighted by molar-refractivity contribution is 0.272. The van der Waals surface area contributed by atoms with Crippen molar-refractivity contribution in [3.05, 3.63) is 35.6 Å². The van der Waals surface area contributed by atoms with Crippen LogP contribution in [0, 0.1) is 5.82 Å². The Bertz CT molecular complexity index is 507. The lowest BCUT2D eigenvalue weighted by Gasteiger charge is -2.24. The second kappa shape index (κ2) is 6.95. The highest BCUT2D eigenvalue weighted by Crippen LogP contribution is 2.11. The van der Waals surface area contributed by atoms with E-state index < -0.39 is 16.0 Å². The molecule has 0 unspecified atom stereocenters. The smallest absolute Gasteiger partial charge is 0.281 e. The largest absolute Gasteiger partial charge is 0.396 e. The quantitative estimate of drug-likeness (QED) is 0.808. The first-order valence-electron chi connectivity index (χ1n) is 5.91. The molecule has 0 radical (unpaired) electrons. The third-order valence-electron chi connectivity index (χ3n) is 2.71. The van der Waals surface area contributed by atoms with Gasteiger partial charge in [-0.05, 0) is 24.1 Å². The Balaban J connectivity index is 2.73. The molecule has 0 fully saturated rings. The Labute approximate surface area is 113 Å². The number of aliphatic hydroxyl groups is 1. The van der Waals surface area contributed by atoms with Crippen LogP contribution in [0.5, 0.6) is 0 Å². The summed E-state index contributed by atoms with van der Waals surface area (Å²) in [6.45, 7) is 0.281. The van der Waals surface area contributed by atoms with E-state index >= 15 is 0 Å². The Morgan fingerprint density at radius 2 is 1.95 bits per heavy atom. The van der Waals surface area contributed by atoms with Gasteiger partial charge in [-0.1, -0.05) is 12.1 Å². The van der Waals surface area contributed by atoms with Gasteiger partial charge in [0.25, 0.3) is 10.2 Å². The van der Waals surface area contributed by atoms with Crippen LogP contribution in [0.4, 0.5) is 4.39 Å². The summed E-state index contributed by atoms with van der Waals surface area (Å²) in [4.78, 5) is 0. The minimum Gasteiger partial charge on any atom is -0.396 e. The Morgan fingerprint density at radius 3 is 2.53 bits per heavy atom. The molecule has 0 atom stereocenters. The molecule has 0 saturated carbocycles. The maximum absolute atomic E-state index is 13.0. The molecule has 0 bridgehead atoms. The Kier molecular flexibility index (Phi) is 5.86. The first-order valence-corrected chi connectivity index (χ1v) is 7.30. The van der Waals surface area contributed by atoms with Crippen molar-refractivity contribution in [3.8, 4) is 0 Å². The topological polar surface area (TPSA) is 60.9 Å². The predicted molar refractivity (Wildman–Crippen MR) is 71.1 cm³/mol. The number of nitrogens with zero attached hydrogens (tertiary/aromatic N) is 2. The summed E-state index contributed by atoms with van der Waals surface area (Å²) in [5.41, 5.74) is 0.585. The first kappa shape index (κ1) is 16.0. The molecule has 0 amide bonds. The summed E-state index contributed by atoms with van der Waals surface area (Å²) < 4.78 is 39.6. The van der Waals surface area contributed by atoms with Crippen LogP contribution in [0.1, 0.15) is 12.0 Å². The number of halogens is 1.